The highest BCUT2D eigenvalue weighted by molar-refractivity contribution is 5.79. The van der Waals surface area contributed by atoms with E-state index in [0.29, 0.717) is 18.5 Å². The number of carbonyl (C=O) groups excluding carboxylic acids is 1. The molecule has 0 spiro atoms. The summed E-state index contributed by atoms with van der Waals surface area (Å²) in [5, 5.41) is 0. The number of hydrogen-bond donors (Lipinski definition) is 0. The van der Waals surface area contributed by atoms with Crippen LogP contribution < -0.4 is 9.47 Å². The molecule has 2 heterocycles. The molecular weight excluding hydrogens is 388 g/mol. The van der Waals surface area contributed by atoms with E-state index in [2.05, 4.69) is 47.1 Å². The van der Waals surface area contributed by atoms with Crippen molar-refractivity contribution in [2.45, 2.75) is 51.6 Å². The highest BCUT2D eigenvalue weighted by atomic mass is 16.7. The van der Waals surface area contributed by atoms with E-state index in [4.69, 9.17) is 9.47 Å². The molecule has 0 radical (unpaired) electrons. The van der Waals surface area contributed by atoms with Crippen molar-refractivity contribution in [2.24, 2.45) is 5.92 Å². The fourth-order valence-corrected chi connectivity index (χ4v) is 5.43. The zero-order chi connectivity index (χ0) is 21.2. The molecule has 0 saturated carbocycles. The molecule has 2 aromatic carbocycles. The molecule has 0 unspecified atom stereocenters. The average Bonchev–Trinajstić information content (AvgIpc) is 3.46. The van der Waals surface area contributed by atoms with Gasteiger partial charge in [0.1, 0.15) is 0 Å². The van der Waals surface area contributed by atoms with Gasteiger partial charge >= 0.3 is 0 Å². The lowest BCUT2D eigenvalue weighted by atomic mass is 9.83. The summed E-state index contributed by atoms with van der Waals surface area (Å²) in [5.74, 6) is 1.95. The molecule has 5 nitrogen and oxygen atoms in total. The number of aryl methyl sites for hydroxylation is 1. The maximum atomic E-state index is 13.8. The molecule has 5 heteroatoms. The smallest absolute Gasteiger partial charge is 0.231 e. The van der Waals surface area contributed by atoms with Gasteiger partial charge in [-0.15, -0.1) is 0 Å². The second-order valence-corrected chi connectivity index (χ2v) is 9.04. The number of fused-ring (bicyclic) bond motifs is 2. The Morgan fingerprint density at radius 2 is 1.94 bits per heavy atom. The van der Waals surface area contributed by atoms with Crippen LogP contribution in [0.1, 0.15) is 42.9 Å². The van der Waals surface area contributed by atoms with E-state index in [-0.39, 0.29) is 12.7 Å². The molecule has 2 aliphatic heterocycles. The third kappa shape index (κ3) is 4.29. The molecule has 1 saturated heterocycles. The largest absolute Gasteiger partial charge is 0.454 e. The second kappa shape index (κ2) is 8.91. The average molecular weight is 421 g/mol. The highest BCUT2D eigenvalue weighted by Gasteiger charge is 2.32. The van der Waals surface area contributed by atoms with Crippen LogP contribution in [0.25, 0.3) is 0 Å². The second-order valence-electron chi connectivity index (χ2n) is 9.04. The Morgan fingerprint density at radius 1 is 1.10 bits per heavy atom. The summed E-state index contributed by atoms with van der Waals surface area (Å²) in [6.45, 7) is 6.12. The van der Waals surface area contributed by atoms with E-state index in [9.17, 15) is 4.79 Å². The van der Waals surface area contributed by atoms with Gasteiger partial charge in [-0.3, -0.25) is 9.69 Å². The van der Waals surface area contributed by atoms with Crippen molar-refractivity contribution in [1.82, 2.24) is 9.80 Å². The standard InChI is InChI=1S/C26H32N2O3/c1-2-27-13-5-8-23(27)17-28(16-19-9-12-24-25(14-19)31-18-30-24)26(29)22-11-10-20-6-3-4-7-21(20)15-22/h3-4,6-7,9,12,14,22-23H,2,5,8,10-11,13,15-18H2,1H3/t22-,23+/m1/s1. The van der Waals surface area contributed by atoms with Gasteiger partial charge in [-0.05, 0) is 74.0 Å². The molecule has 2 aromatic rings. The molecule has 3 aliphatic rings. The first-order valence-corrected chi connectivity index (χ1v) is 11.7. The van der Waals surface area contributed by atoms with Gasteiger partial charge in [-0.25, -0.2) is 0 Å². The summed E-state index contributed by atoms with van der Waals surface area (Å²) in [6.07, 6.45) is 5.19. The lowest BCUT2D eigenvalue weighted by Gasteiger charge is -2.34. The Morgan fingerprint density at radius 3 is 2.81 bits per heavy atom. The summed E-state index contributed by atoms with van der Waals surface area (Å²) in [7, 11) is 0. The summed E-state index contributed by atoms with van der Waals surface area (Å²) in [5.41, 5.74) is 3.85. The molecule has 1 aliphatic carbocycles. The van der Waals surface area contributed by atoms with Crippen LogP contribution in [0.15, 0.2) is 42.5 Å². The van der Waals surface area contributed by atoms with E-state index in [1.807, 2.05) is 12.1 Å². The summed E-state index contributed by atoms with van der Waals surface area (Å²) in [6, 6.07) is 15.1. The van der Waals surface area contributed by atoms with Crippen LogP contribution >= 0.6 is 0 Å². The van der Waals surface area contributed by atoms with E-state index >= 15 is 0 Å². The Kier molecular flexibility index (Phi) is 5.86. The molecule has 2 atom stereocenters. The van der Waals surface area contributed by atoms with Crippen molar-refractivity contribution in [3.63, 3.8) is 0 Å². The van der Waals surface area contributed by atoms with Crippen molar-refractivity contribution in [3.8, 4) is 11.5 Å². The molecule has 164 valence electrons. The van der Waals surface area contributed by atoms with Crippen LogP contribution in [0.4, 0.5) is 0 Å². The van der Waals surface area contributed by atoms with E-state index in [0.717, 1.165) is 56.0 Å². The normalized spacial score (nSPS) is 22.4. The molecule has 31 heavy (non-hydrogen) atoms. The Hall–Kier alpha value is -2.53. The van der Waals surface area contributed by atoms with Crippen LogP contribution in [0.3, 0.4) is 0 Å². The fraction of sp³-hybridized carbons (Fsp3) is 0.500. The molecule has 0 N–H and O–H groups in total. The van der Waals surface area contributed by atoms with Crippen LogP contribution in [0.5, 0.6) is 11.5 Å². The van der Waals surface area contributed by atoms with Gasteiger partial charge in [0.15, 0.2) is 11.5 Å². The summed E-state index contributed by atoms with van der Waals surface area (Å²) < 4.78 is 11.0. The van der Waals surface area contributed by atoms with Crippen LogP contribution in [-0.2, 0) is 24.2 Å². The zero-order valence-electron chi connectivity index (χ0n) is 18.4. The number of rotatable bonds is 6. The highest BCUT2D eigenvalue weighted by Crippen LogP contribution is 2.34. The van der Waals surface area contributed by atoms with Gasteiger partial charge in [-0.1, -0.05) is 37.3 Å². The topological polar surface area (TPSA) is 42.0 Å². The van der Waals surface area contributed by atoms with Crippen LogP contribution in [0, 0.1) is 5.92 Å². The number of likely N-dealkylation sites (N-methyl/N-ethyl adjacent to an activating group) is 1. The molecule has 1 fully saturated rings. The van der Waals surface area contributed by atoms with E-state index in [1.54, 1.807) is 0 Å². The Labute approximate surface area is 184 Å². The van der Waals surface area contributed by atoms with Crippen LogP contribution in [0.2, 0.25) is 0 Å². The maximum absolute atomic E-state index is 13.8. The number of carbonyl (C=O) groups is 1. The van der Waals surface area contributed by atoms with Crippen molar-refractivity contribution >= 4 is 5.91 Å². The van der Waals surface area contributed by atoms with Crippen molar-refractivity contribution in [1.29, 1.82) is 0 Å². The third-order valence-electron chi connectivity index (χ3n) is 7.15. The lowest BCUT2D eigenvalue weighted by molar-refractivity contribution is -0.137. The number of hydrogen-bond acceptors (Lipinski definition) is 4. The van der Waals surface area contributed by atoms with E-state index in [1.165, 1.54) is 24.0 Å². The molecule has 0 aromatic heterocycles. The van der Waals surface area contributed by atoms with Gasteiger partial charge < -0.3 is 14.4 Å². The zero-order valence-corrected chi connectivity index (χ0v) is 18.4. The predicted octanol–water partition coefficient (Wildman–Crippen LogP) is 4.03. The first-order chi connectivity index (χ1) is 15.2. The predicted molar refractivity (Wildman–Crippen MR) is 120 cm³/mol. The Bertz CT molecular complexity index is 944. The van der Waals surface area contributed by atoms with Crippen molar-refractivity contribution in [2.75, 3.05) is 26.4 Å². The molecular formula is C26H32N2O3. The van der Waals surface area contributed by atoms with Crippen molar-refractivity contribution < 1.29 is 14.3 Å². The molecule has 1 amide bonds. The Balaban J connectivity index is 1.36. The van der Waals surface area contributed by atoms with Gasteiger partial charge in [0.05, 0.1) is 0 Å². The van der Waals surface area contributed by atoms with Gasteiger partial charge in [0, 0.05) is 25.0 Å². The first-order valence-electron chi connectivity index (χ1n) is 11.7. The summed E-state index contributed by atoms with van der Waals surface area (Å²) in [4.78, 5) is 18.4. The van der Waals surface area contributed by atoms with E-state index < -0.39 is 0 Å². The number of ether oxygens (including phenoxy) is 2. The SMILES string of the molecule is CCN1CCC[C@H]1CN(Cc1ccc2c(c1)OCO2)C(=O)[C@@H]1CCc2ccccc2C1. The minimum absolute atomic E-state index is 0.0698. The van der Waals surface area contributed by atoms with Crippen molar-refractivity contribution in [3.05, 3.63) is 59.2 Å². The quantitative estimate of drug-likeness (QED) is 0.708. The number of likely N-dealkylation sites (tertiary alicyclic amines) is 1. The first kappa shape index (κ1) is 20.4. The fourth-order valence-electron chi connectivity index (χ4n) is 5.43. The lowest BCUT2D eigenvalue weighted by Crippen LogP contribution is -2.45. The van der Waals surface area contributed by atoms with Gasteiger partial charge in [0.2, 0.25) is 12.7 Å². The molecule has 0 bridgehead atoms. The van der Waals surface area contributed by atoms with Gasteiger partial charge in [-0.2, -0.15) is 0 Å². The number of nitrogens with zero attached hydrogens (tertiary/aromatic N) is 2. The minimum atomic E-state index is 0.0698. The number of benzene rings is 2. The molecule has 5 rings (SSSR count). The summed E-state index contributed by atoms with van der Waals surface area (Å²) >= 11 is 0. The monoisotopic (exact) mass is 420 g/mol. The maximum Gasteiger partial charge on any atom is 0.231 e. The number of amides is 1. The minimum Gasteiger partial charge on any atom is -0.454 e. The third-order valence-corrected chi connectivity index (χ3v) is 7.15. The van der Waals surface area contributed by atoms with Gasteiger partial charge in [0.25, 0.3) is 0 Å². The van der Waals surface area contributed by atoms with Crippen LogP contribution in [-0.4, -0.2) is 48.2 Å².